The van der Waals surface area contributed by atoms with E-state index in [-0.39, 0.29) is 30.2 Å². The molecular formula is C22H31NO5. The maximum atomic E-state index is 12.8. The van der Waals surface area contributed by atoms with Gasteiger partial charge in [0.15, 0.2) is 11.5 Å². The molecule has 0 aliphatic carbocycles. The number of hydrogen-bond donors (Lipinski definition) is 1. The van der Waals surface area contributed by atoms with Gasteiger partial charge in [-0.15, -0.1) is 0 Å². The molecule has 0 fully saturated rings. The Hall–Kier alpha value is -2.34. The second kappa shape index (κ2) is 10.3. The number of methoxy groups -OCH3 is 1. The summed E-state index contributed by atoms with van der Waals surface area (Å²) in [5.74, 6) is -0.305. The van der Waals surface area contributed by atoms with E-state index < -0.39 is 17.7 Å². The molecule has 1 aliphatic heterocycles. The summed E-state index contributed by atoms with van der Waals surface area (Å²) in [6, 6.07) is 6.76. The van der Waals surface area contributed by atoms with E-state index in [1.807, 2.05) is 38.1 Å². The fourth-order valence-corrected chi connectivity index (χ4v) is 3.27. The molecule has 0 saturated carbocycles. The number of aliphatic hydroxyl groups is 1. The Kier molecular flexibility index (Phi) is 8.05. The van der Waals surface area contributed by atoms with E-state index in [2.05, 4.69) is 6.92 Å². The predicted molar refractivity (Wildman–Crippen MR) is 107 cm³/mol. The van der Waals surface area contributed by atoms with Crippen molar-refractivity contribution in [3.63, 3.8) is 0 Å². The summed E-state index contributed by atoms with van der Waals surface area (Å²) in [7, 11) is 1.55. The van der Waals surface area contributed by atoms with Gasteiger partial charge in [0, 0.05) is 20.1 Å². The van der Waals surface area contributed by atoms with Crippen molar-refractivity contribution in [1.29, 1.82) is 0 Å². The number of rotatable bonds is 11. The summed E-state index contributed by atoms with van der Waals surface area (Å²) in [5, 5.41) is 10.4. The molecule has 2 rings (SSSR count). The highest BCUT2D eigenvalue weighted by atomic mass is 16.5. The van der Waals surface area contributed by atoms with Gasteiger partial charge in [-0.05, 0) is 30.0 Å². The third-order valence-electron chi connectivity index (χ3n) is 4.70. The van der Waals surface area contributed by atoms with Crippen LogP contribution in [0, 0.1) is 5.92 Å². The van der Waals surface area contributed by atoms with Crippen LogP contribution in [0.5, 0.6) is 5.75 Å². The summed E-state index contributed by atoms with van der Waals surface area (Å²) < 4.78 is 10.8. The Labute approximate surface area is 167 Å². The lowest BCUT2D eigenvalue weighted by Crippen LogP contribution is -2.34. The van der Waals surface area contributed by atoms with E-state index >= 15 is 0 Å². The van der Waals surface area contributed by atoms with Crippen molar-refractivity contribution in [2.24, 2.45) is 5.92 Å². The molecule has 6 nitrogen and oxygen atoms in total. The fraction of sp³-hybridized carbons (Fsp3) is 0.545. The first-order valence-electron chi connectivity index (χ1n) is 9.89. The Morgan fingerprint density at radius 3 is 2.46 bits per heavy atom. The highest BCUT2D eigenvalue weighted by Gasteiger charge is 2.43. The average Bonchev–Trinajstić information content (AvgIpc) is 2.91. The molecule has 6 heteroatoms. The van der Waals surface area contributed by atoms with Crippen LogP contribution in [-0.4, -0.2) is 48.6 Å². The topological polar surface area (TPSA) is 76.1 Å². The van der Waals surface area contributed by atoms with Gasteiger partial charge in [-0.3, -0.25) is 9.59 Å². The van der Waals surface area contributed by atoms with Gasteiger partial charge in [-0.25, -0.2) is 0 Å². The molecule has 0 bridgehead atoms. The number of unbranched alkanes of at least 4 members (excludes halogenated alkanes) is 1. The zero-order chi connectivity index (χ0) is 20.7. The summed E-state index contributed by atoms with van der Waals surface area (Å²) in [5.41, 5.74) is 0.943. The van der Waals surface area contributed by atoms with Crippen LogP contribution in [0.2, 0.25) is 0 Å². The van der Waals surface area contributed by atoms with Gasteiger partial charge in [-0.2, -0.15) is 0 Å². The van der Waals surface area contributed by atoms with Gasteiger partial charge in [0.05, 0.1) is 24.8 Å². The standard InChI is InChI=1S/C22H31NO5/c1-5-6-12-28-17-9-7-16(8-10-17)20-19(18(24)14-15(2)3)21(25)22(26)23(20)11-13-27-4/h7-10,15,20,25H,5-6,11-14H2,1-4H3. The zero-order valence-corrected chi connectivity index (χ0v) is 17.2. The third kappa shape index (κ3) is 5.13. The Morgan fingerprint density at radius 1 is 1.21 bits per heavy atom. The summed E-state index contributed by atoms with van der Waals surface area (Å²) in [4.78, 5) is 26.9. The lowest BCUT2D eigenvalue weighted by Gasteiger charge is -2.27. The van der Waals surface area contributed by atoms with Crippen LogP contribution in [0.4, 0.5) is 0 Å². The van der Waals surface area contributed by atoms with Gasteiger partial charge < -0.3 is 19.5 Å². The van der Waals surface area contributed by atoms with E-state index in [0.29, 0.717) is 13.2 Å². The van der Waals surface area contributed by atoms with Crippen molar-refractivity contribution in [3.8, 4) is 5.75 Å². The first-order valence-corrected chi connectivity index (χ1v) is 9.89. The molecule has 0 aromatic heterocycles. The van der Waals surface area contributed by atoms with Gasteiger partial charge in [0.25, 0.3) is 5.91 Å². The van der Waals surface area contributed by atoms with Crippen LogP contribution < -0.4 is 4.74 Å². The smallest absolute Gasteiger partial charge is 0.290 e. The molecule has 1 aliphatic rings. The maximum absolute atomic E-state index is 12.8. The molecule has 1 aromatic carbocycles. The number of carbonyl (C=O) groups excluding carboxylic acids is 2. The Bertz CT molecular complexity index is 708. The summed E-state index contributed by atoms with van der Waals surface area (Å²) in [6.07, 6.45) is 2.32. The van der Waals surface area contributed by atoms with Gasteiger partial charge in [0.1, 0.15) is 5.75 Å². The number of aliphatic hydroxyl groups excluding tert-OH is 1. The average molecular weight is 389 g/mol. The van der Waals surface area contributed by atoms with E-state index in [4.69, 9.17) is 9.47 Å². The number of hydrogen-bond acceptors (Lipinski definition) is 5. The second-order valence-corrected chi connectivity index (χ2v) is 7.45. The fourth-order valence-electron chi connectivity index (χ4n) is 3.27. The first kappa shape index (κ1) is 22.0. The molecule has 28 heavy (non-hydrogen) atoms. The molecule has 1 heterocycles. The maximum Gasteiger partial charge on any atom is 0.290 e. The summed E-state index contributed by atoms with van der Waals surface area (Å²) in [6.45, 7) is 7.23. The summed E-state index contributed by atoms with van der Waals surface area (Å²) >= 11 is 0. The van der Waals surface area contributed by atoms with Gasteiger partial charge in [0.2, 0.25) is 0 Å². The van der Waals surface area contributed by atoms with Crippen LogP contribution in [0.25, 0.3) is 0 Å². The van der Waals surface area contributed by atoms with Crippen molar-refractivity contribution in [3.05, 3.63) is 41.2 Å². The van der Waals surface area contributed by atoms with Crippen LogP contribution in [0.1, 0.15) is 51.6 Å². The SMILES string of the molecule is CCCCOc1ccc(C2C(C(=O)CC(C)C)=C(O)C(=O)N2CCOC)cc1. The number of Topliss-reactive ketones (excluding diaryl/α,β-unsaturated/α-hetero) is 1. The normalized spacial score (nSPS) is 17.0. The van der Waals surface area contributed by atoms with Crippen LogP contribution in [0.3, 0.4) is 0 Å². The van der Waals surface area contributed by atoms with E-state index in [1.165, 1.54) is 4.90 Å². The Balaban J connectivity index is 2.33. The molecule has 1 aromatic rings. The lowest BCUT2D eigenvalue weighted by atomic mass is 9.92. The lowest BCUT2D eigenvalue weighted by molar-refractivity contribution is -0.130. The highest BCUT2D eigenvalue weighted by molar-refractivity contribution is 6.09. The molecule has 1 unspecified atom stereocenters. The highest BCUT2D eigenvalue weighted by Crippen LogP contribution is 2.38. The predicted octanol–water partition coefficient (Wildman–Crippen LogP) is 3.82. The number of carbonyl (C=O) groups is 2. The Morgan fingerprint density at radius 2 is 1.89 bits per heavy atom. The quantitative estimate of drug-likeness (QED) is 0.582. The molecule has 0 saturated heterocycles. The number of ketones is 1. The van der Waals surface area contributed by atoms with Crippen molar-refractivity contribution in [1.82, 2.24) is 4.90 Å². The van der Waals surface area contributed by atoms with Crippen molar-refractivity contribution in [2.75, 3.05) is 26.9 Å². The van der Waals surface area contributed by atoms with Gasteiger partial charge >= 0.3 is 0 Å². The number of nitrogens with zero attached hydrogens (tertiary/aromatic N) is 1. The minimum atomic E-state index is -0.612. The molecule has 154 valence electrons. The molecule has 0 spiro atoms. The minimum Gasteiger partial charge on any atom is -0.503 e. The second-order valence-electron chi connectivity index (χ2n) is 7.45. The molecule has 1 atom stereocenters. The van der Waals surface area contributed by atoms with Crippen LogP contribution in [0.15, 0.2) is 35.6 Å². The third-order valence-corrected chi connectivity index (χ3v) is 4.70. The van der Waals surface area contributed by atoms with Crippen molar-refractivity contribution in [2.45, 2.75) is 46.1 Å². The van der Waals surface area contributed by atoms with E-state index in [9.17, 15) is 14.7 Å². The molecule has 1 amide bonds. The molecule has 0 radical (unpaired) electrons. The van der Waals surface area contributed by atoms with Crippen LogP contribution >= 0.6 is 0 Å². The van der Waals surface area contributed by atoms with Crippen molar-refractivity contribution < 1.29 is 24.2 Å². The molecule has 1 N–H and O–H groups in total. The van der Waals surface area contributed by atoms with E-state index in [0.717, 1.165) is 24.2 Å². The van der Waals surface area contributed by atoms with Gasteiger partial charge in [-0.1, -0.05) is 39.3 Å². The number of amides is 1. The van der Waals surface area contributed by atoms with Crippen LogP contribution in [-0.2, 0) is 14.3 Å². The number of ether oxygens (including phenoxy) is 2. The monoisotopic (exact) mass is 389 g/mol. The van der Waals surface area contributed by atoms with E-state index in [1.54, 1.807) is 7.11 Å². The number of benzene rings is 1. The minimum absolute atomic E-state index is 0.130. The largest absolute Gasteiger partial charge is 0.503 e. The molecular weight excluding hydrogens is 358 g/mol. The first-order chi connectivity index (χ1) is 13.4. The van der Waals surface area contributed by atoms with Crippen molar-refractivity contribution >= 4 is 11.7 Å². The zero-order valence-electron chi connectivity index (χ0n) is 17.2.